The van der Waals surface area contributed by atoms with Crippen molar-refractivity contribution in [3.8, 4) is 21.8 Å². The number of carbonyl (C=O) groups is 1. The number of hydrogen-bond acceptors (Lipinski definition) is 8. The normalized spacial score (nSPS) is 16.2. The number of anilines is 1. The summed E-state index contributed by atoms with van der Waals surface area (Å²) < 4.78 is 7.23. The maximum atomic E-state index is 12.9. The number of rotatable bonds is 11. The maximum absolute atomic E-state index is 12.9. The molecular formula is C28H35N7O2S. The van der Waals surface area contributed by atoms with Gasteiger partial charge in [0.2, 0.25) is 5.91 Å². The third kappa shape index (κ3) is 4.91. The van der Waals surface area contributed by atoms with E-state index in [4.69, 9.17) is 20.4 Å². The fraction of sp³-hybridized carbons (Fsp3) is 0.429. The van der Waals surface area contributed by atoms with Crippen LogP contribution in [-0.2, 0) is 11.2 Å². The number of aromatic nitrogens is 4. The lowest BCUT2D eigenvalue weighted by Crippen LogP contribution is -2.51. The van der Waals surface area contributed by atoms with Crippen LogP contribution in [0, 0.1) is 0 Å². The Morgan fingerprint density at radius 1 is 1.26 bits per heavy atom. The zero-order chi connectivity index (χ0) is 26.8. The highest BCUT2D eigenvalue weighted by molar-refractivity contribution is 7.13. The minimum absolute atomic E-state index is 0.207. The summed E-state index contributed by atoms with van der Waals surface area (Å²) in [6.07, 6.45) is 5.35. The second-order valence-corrected chi connectivity index (χ2v) is 10.7. The molecule has 38 heavy (non-hydrogen) atoms. The average molecular weight is 534 g/mol. The van der Waals surface area contributed by atoms with E-state index in [-0.39, 0.29) is 12.1 Å². The number of nitrogens with zero attached hydrogens (tertiary/aromatic N) is 6. The molecular weight excluding hydrogens is 498 g/mol. The molecule has 0 unspecified atom stereocenters. The third-order valence-electron chi connectivity index (χ3n) is 7.50. The van der Waals surface area contributed by atoms with Crippen molar-refractivity contribution >= 4 is 28.7 Å². The maximum Gasteiger partial charge on any atom is 0.249 e. The molecule has 0 aromatic carbocycles. The van der Waals surface area contributed by atoms with Crippen molar-refractivity contribution in [3.05, 3.63) is 53.2 Å². The molecule has 0 radical (unpaired) electrons. The number of pyridine rings is 1. The lowest BCUT2D eigenvalue weighted by Gasteiger charge is -2.43. The van der Waals surface area contributed by atoms with Crippen molar-refractivity contribution in [2.24, 2.45) is 5.73 Å². The first kappa shape index (κ1) is 26.3. The van der Waals surface area contributed by atoms with Gasteiger partial charge >= 0.3 is 0 Å². The van der Waals surface area contributed by atoms with E-state index in [2.05, 4.69) is 35.7 Å². The monoisotopic (exact) mass is 533 g/mol. The third-order valence-corrected chi connectivity index (χ3v) is 8.39. The molecule has 4 aromatic rings. The number of amides is 1. The number of nitrogens with two attached hydrogens (primary N) is 1. The Kier molecular flexibility index (Phi) is 7.73. The highest BCUT2D eigenvalue weighted by Gasteiger charge is 2.33. The van der Waals surface area contributed by atoms with Gasteiger partial charge in [0.15, 0.2) is 5.65 Å². The van der Waals surface area contributed by atoms with Gasteiger partial charge in [-0.2, -0.15) is 5.10 Å². The first-order valence-corrected chi connectivity index (χ1v) is 14.0. The molecule has 5 rings (SSSR count). The second kappa shape index (κ2) is 11.2. The van der Waals surface area contributed by atoms with Crippen LogP contribution in [0.3, 0.4) is 0 Å². The molecule has 1 aliphatic heterocycles. The minimum atomic E-state index is -0.454. The van der Waals surface area contributed by atoms with Crippen molar-refractivity contribution < 1.29 is 9.53 Å². The summed E-state index contributed by atoms with van der Waals surface area (Å²) in [7, 11) is 1.72. The predicted octanol–water partition coefficient (Wildman–Crippen LogP) is 4.12. The molecule has 200 valence electrons. The lowest BCUT2D eigenvalue weighted by atomic mass is 9.95. The Hall–Kier alpha value is -3.34. The molecule has 5 heterocycles. The van der Waals surface area contributed by atoms with Gasteiger partial charge in [-0.05, 0) is 56.4 Å². The fourth-order valence-electron chi connectivity index (χ4n) is 5.32. The minimum Gasteiger partial charge on any atom is -0.383 e. The van der Waals surface area contributed by atoms with Gasteiger partial charge in [-0.3, -0.25) is 4.79 Å². The molecule has 4 aromatic heterocycles. The van der Waals surface area contributed by atoms with Crippen LogP contribution in [0.4, 0.5) is 5.82 Å². The molecule has 1 amide bonds. The Morgan fingerprint density at radius 2 is 2.08 bits per heavy atom. The average Bonchev–Trinajstić information content (AvgIpc) is 3.58. The molecule has 1 saturated heterocycles. The van der Waals surface area contributed by atoms with Gasteiger partial charge in [-0.1, -0.05) is 19.9 Å². The van der Waals surface area contributed by atoms with Crippen molar-refractivity contribution in [3.63, 3.8) is 0 Å². The number of thiophene rings is 1. The van der Waals surface area contributed by atoms with Crippen LogP contribution in [0.25, 0.3) is 27.5 Å². The number of likely N-dealkylation sites (N-methyl/N-ethyl adjacent to an activating group) is 1. The Balaban J connectivity index is 1.66. The Bertz CT molecular complexity index is 1410. The van der Waals surface area contributed by atoms with Crippen molar-refractivity contribution in [2.45, 2.75) is 45.7 Å². The van der Waals surface area contributed by atoms with Gasteiger partial charge in [0.25, 0.3) is 0 Å². The van der Waals surface area contributed by atoms with E-state index in [9.17, 15) is 4.79 Å². The van der Waals surface area contributed by atoms with E-state index >= 15 is 0 Å². The number of hydrogen-bond donors (Lipinski definition) is 1. The van der Waals surface area contributed by atoms with Crippen LogP contribution >= 0.6 is 11.3 Å². The van der Waals surface area contributed by atoms with Crippen LogP contribution in [0.5, 0.6) is 0 Å². The topological polar surface area (TPSA) is 102 Å². The number of ether oxygens (including phenoxy) is 1. The summed E-state index contributed by atoms with van der Waals surface area (Å²) >= 11 is 1.64. The zero-order valence-electron chi connectivity index (χ0n) is 22.4. The van der Waals surface area contributed by atoms with Gasteiger partial charge in [0.05, 0.1) is 40.7 Å². The van der Waals surface area contributed by atoms with Crippen molar-refractivity contribution in [1.82, 2.24) is 24.5 Å². The zero-order valence-corrected chi connectivity index (χ0v) is 23.2. The van der Waals surface area contributed by atoms with Crippen LogP contribution in [0.2, 0.25) is 0 Å². The van der Waals surface area contributed by atoms with Crippen LogP contribution in [-0.4, -0.2) is 75.8 Å². The molecule has 9 nitrogen and oxygen atoms in total. The van der Waals surface area contributed by atoms with Crippen LogP contribution in [0.15, 0.2) is 42.0 Å². The number of methoxy groups -OCH3 is 1. The van der Waals surface area contributed by atoms with E-state index in [0.29, 0.717) is 29.9 Å². The number of carbonyl (C=O) groups excluding carboxylic acids is 1. The van der Waals surface area contributed by atoms with E-state index in [1.807, 2.05) is 35.8 Å². The van der Waals surface area contributed by atoms with Crippen LogP contribution in [0.1, 0.15) is 43.1 Å². The van der Waals surface area contributed by atoms with Crippen molar-refractivity contribution in [2.75, 3.05) is 38.3 Å². The molecule has 0 aliphatic carbocycles. The van der Waals surface area contributed by atoms with Crippen molar-refractivity contribution in [1.29, 1.82) is 0 Å². The van der Waals surface area contributed by atoms with Gasteiger partial charge < -0.3 is 20.3 Å². The number of fused-ring (bicyclic) bond motifs is 1. The Morgan fingerprint density at radius 3 is 2.71 bits per heavy atom. The summed E-state index contributed by atoms with van der Waals surface area (Å²) in [5.74, 6) is 0.349. The van der Waals surface area contributed by atoms with Gasteiger partial charge in [0.1, 0.15) is 5.82 Å². The summed E-state index contributed by atoms with van der Waals surface area (Å²) in [6.45, 7) is 9.83. The summed E-state index contributed by atoms with van der Waals surface area (Å²) in [6, 6.07) is 8.26. The van der Waals surface area contributed by atoms with E-state index in [0.717, 1.165) is 53.6 Å². The number of primary amides is 1. The highest BCUT2D eigenvalue weighted by Crippen LogP contribution is 2.35. The van der Waals surface area contributed by atoms with E-state index in [1.165, 1.54) is 0 Å². The SMILES string of the molecule is CCN(CC)[C@@H](C)Cc1c(C(N)=O)cc(-c2cnn3ccc(-c4cccs4)nc23)nc1N1CC[C@@H]1COC. The standard InChI is InChI=1S/C28H35N7O2S/c1-5-33(6-2)18(3)14-21-20(26(29)36)15-24(32-27(21)34-11-9-19(34)17-37-4)22-16-30-35-12-10-23(31-28(22)35)25-8-7-13-38-25/h7-8,10,12-13,15-16,18-19H,5-6,9,11,14,17H2,1-4H3,(H2,29,36)/t18-,19+/m0/s1. The van der Waals surface area contributed by atoms with Gasteiger partial charge in [0, 0.05) is 37.0 Å². The summed E-state index contributed by atoms with van der Waals surface area (Å²) in [5, 5.41) is 6.56. The molecule has 1 aliphatic rings. The lowest BCUT2D eigenvalue weighted by molar-refractivity contribution is 0.0998. The first-order chi connectivity index (χ1) is 18.4. The molecule has 0 spiro atoms. The fourth-order valence-corrected chi connectivity index (χ4v) is 6.02. The van der Waals surface area contributed by atoms with E-state index in [1.54, 1.807) is 29.2 Å². The molecule has 0 bridgehead atoms. The Labute approximate surface area is 227 Å². The van der Waals surface area contributed by atoms with E-state index < -0.39 is 5.91 Å². The largest absolute Gasteiger partial charge is 0.383 e. The quantitative estimate of drug-likeness (QED) is 0.309. The van der Waals surface area contributed by atoms with Gasteiger partial charge in [-0.15, -0.1) is 11.3 Å². The molecule has 0 saturated carbocycles. The summed E-state index contributed by atoms with van der Waals surface area (Å²) in [4.78, 5) is 28.7. The first-order valence-electron chi connectivity index (χ1n) is 13.2. The second-order valence-electron chi connectivity index (χ2n) is 9.70. The highest BCUT2D eigenvalue weighted by atomic mass is 32.1. The predicted molar refractivity (Wildman–Crippen MR) is 152 cm³/mol. The van der Waals surface area contributed by atoms with Crippen LogP contribution < -0.4 is 10.6 Å². The molecule has 2 N–H and O–H groups in total. The molecule has 1 fully saturated rings. The smallest absolute Gasteiger partial charge is 0.249 e. The molecule has 10 heteroatoms. The van der Waals surface area contributed by atoms with Gasteiger partial charge in [-0.25, -0.2) is 14.5 Å². The summed E-state index contributed by atoms with van der Waals surface area (Å²) in [5.41, 5.74) is 10.4. The molecule has 2 atom stereocenters.